The van der Waals surface area contributed by atoms with Gasteiger partial charge in [0.2, 0.25) is 0 Å². The van der Waals surface area contributed by atoms with E-state index < -0.39 is 0 Å². The van der Waals surface area contributed by atoms with Gasteiger partial charge in [0, 0.05) is 17.8 Å². The fourth-order valence-electron chi connectivity index (χ4n) is 2.52. The highest BCUT2D eigenvalue weighted by Crippen LogP contribution is 2.36. The molecule has 1 aliphatic rings. The van der Waals surface area contributed by atoms with Gasteiger partial charge in [-0.15, -0.1) is 0 Å². The Morgan fingerprint density at radius 3 is 2.80 bits per heavy atom. The molecule has 2 N–H and O–H groups in total. The van der Waals surface area contributed by atoms with E-state index in [9.17, 15) is 4.39 Å². The van der Waals surface area contributed by atoms with Gasteiger partial charge in [0.1, 0.15) is 11.6 Å². The van der Waals surface area contributed by atoms with Crippen LogP contribution in [0.15, 0.2) is 41.0 Å². The Balaban J connectivity index is 1.95. The molecular formula is C16H19FN2O. The molecule has 1 fully saturated rings. The van der Waals surface area contributed by atoms with Crippen LogP contribution in [0, 0.1) is 5.82 Å². The van der Waals surface area contributed by atoms with Crippen molar-refractivity contribution < 1.29 is 8.81 Å². The minimum Gasteiger partial charge on any atom is -0.467 e. The molecule has 0 radical (unpaired) electrons. The molecule has 1 heterocycles. The Kier molecular flexibility index (Phi) is 3.49. The Bertz CT molecular complexity index is 576. The molecule has 0 saturated heterocycles. The Labute approximate surface area is 118 Å². The first kappa shape index (κ1) is 13.2. The van der Waals surface area contributed by atoms with E-state index in [1.807, 2.05) is 25.1 Å². The molecule has 1 aliphatic carbocycles. The zero-order valence-electron chi connectivity index (χ0n) is 11.6. The van der Waals surface area contributed by atoms with Crippen molar-refractivity contribution in [3.8, 4) is 0 Å². The second-order valence-corrected chi connectivity index (χ2v) is 5.43. The van der Waals surface area contributed by atoms with Gasteiger partial charge in [-0.3, -0.25) is 0 Å². The summed E-state index contributed by atoms with van der Waals surface area (Å²) in [6.07, 6.45) is 4.00. The largest absolute Gasteiger partial charge is 0.467 e. The van der Waals surface area contributed by atoms with E-state index in [1.54, 1.807) is 6.26 Å². The van der Waals surface area contributed by atoms with E-state index in [0.717, 1.165) is 29.9 Å². The number of anilines is 1. The van der Waals surface area contributed by atoms with Gasteiger partial charge in [-0.05, 0) is 55.7 Å². The minimum absolute atomic E-state index is 0.196. The molecule has 2 aromatic rings. The fraction of sp³-hybridized carbons (Fsp3) is 0.375. The summed E-state index contributed by atoms with van der Waals surface area (Å²) in [6, 6.07) is 9.02. The van der Waals surface area contributed by atoms with E-state index in [-0.39, 0.29) is 11.9 Å². The molecule has 20 heavy (non-hydrogen) atoms. The van der Waals surface area contributed by atoms with Crippen molar-refractivity contribution in [2.75, 3.05) is 4.90 Å². The first-order chi connectivity index (χ1) is 9.65. The average Bonchev–Trinajstić information content (AvgIpc) is 3.13. The lowest BCUT2D eigenvalue weighted by molar-refractivity contribution is 0.500. The van der Waals surface area contributed by atoms with Crippen LogP contribution in [0.2, 0.25) is 0 Å². The highest BCUT2D eigenvalue weighted by atomic mass is 19.1. The number of halogens is 1. The molecule has 1 saturated carbocycles. The first-order valence-electron chi connectivity index (χ1n) is 6.99. The second kappa shape index (κ2) is 5.29. The third-order valence-corrected chi connectivity index (χ3v) is 3.68. The maximum Gasteiger partial charge on any atom is 0.123 e. The molecule has 0 unspecified atom stereocenters. The lowest BCUT2D eigenvalue weighted by Gasteiger charge is -2.27. The maximum absolute atomic E-state index is 13.5. The Morgan fingerprint density at radius 1 is 1.40 bits per heavy atom. The maximum atomic E-state index is 13.5. The molecule has 1 aromatic heterocycles. The number of hydrogen-bond donors (Lipinski definition) is 1. The fourth-order valence-corrected chi connectivity index (χ4v) is 2.52. The van der Waals surface area contributed by atoms with Crippen LogP contribution < -0.4 is 10.6 Å². The van der Waals surface area contributed by atoms with Gasteiger partial charge in [-0.25, -0.2) is 4.39 Å². The van der Waals surface area contributed by atoms with Crippen LogP contribution in [-0.2, 0) is 6.54 Å². The third kappa shape index (κ3) is 2.70. The highest BCUT2D eigenvalue weighted by molar-refractivity contribution is 5.56. The molecule has 0 amide bonds. The van der Waals surface area contributed by atoms with Crippen molar-refractivity contribution in [1.29, 1.82) is 0 Å². The normalized spacial score (nSPS) is 16.1. The number of rotatable bonds is 5. The second-order valence-electron chi connectivity index (χ2n) is 5.43. The average molecular weight is 274 g/mol. The van der Waals surface area contributed by atoms with Crippen LogP contribution in [0.5, 0.6) is 0 Å². The van der Waals surface area contributed by atoms with Crippen LogP contribution in [-0.4, -0.2) is 6.04 Å². The molecule has 4 heteroatoms. The summed E-state index contributed by atoms with van der Waals surface area (Å²) < 4.78 is 18.9. The summed E-state index contributed by atoms with van der Waals surface area (Å²) in [7, 11) is 0. The molecular weight excluding hydrogens is 255 g/mol. The molecule has 0 bridgehead atoms. The third-order valence-electron chi connectivity index (χ3n) is 3.68. The van der Waals surface area contributed by atoms with Gasteiger partial charge in [-0.2, -0.15) is 0 Å². The number of furan rings is 1. The SMILES string of the molecule is C[C@@H](N)c1cc(F)ccc1N(Cc1ccco1)C1CC1. The van der Waals surface area contributed by atoms with Crippen LogP contribution >= 0.6 is 0 Å². The van der Waals surface area contributed by atoms with E-state index in [2.05, 4.69) is 4.90 Å². The molecule has 106 valence electrons. The molecule has 0 spiro atoms. The summed E-state index contributed by atoms with van der Waals surface area (Å²) in [5.41, 5.74) is 7.86. The number of benzene rings is 1. The van der Waals surface area contributed by atoms with Crippen molar-refractivity contribution in [3.05, 3.63) is 53.7 Å². The molecule has 1 aromatic carbocycles. The molecule has 3 rings (SSSR count). The molecule has 3 nitrogen and oxygen atoms in total. The summed E-state index contributed by atoms with van der Waals surface area (Å²) in [5.74, 6) is 0.673. The lowest BCUT2D eigenvalue weighted by Crippen LogP contribution is -2.27. The highest BCUT2D eigenvalue weighted by Gasteiger charge is 2.31. The predicted octanol–water partition coefficient (Wildman–Crippen LogP) is 3.61. The quantitative estimate of drug-likeness (QED) is 0.905. The van der Waals surface area contributed by atoms with Crippen molar-refractivity contribution in [3.63, 3.8) is 0 Å². The standard InChI is InChI=1S/C16H19FN2O/c1-11(18)15-9-12(17)4-7-16(15)19(13-5-6-13)10-14-3-2-8-20-14/h2-4,7-9,11,13H,5-6,10,18H2,1H3/t11-/m1/s1. The number of nitrogens with two attached hydrogens (primary N) is 1. The van der Waals surface area contributed by atoms with Gasteiger partial charge >= 0.3 is 0 Å². The van der Waals surface area contributed by atoms with Crippen molar-refractivity contribution in [2.24, 2.45) is 5.73 Å². The zero-order valence-corrected chi connectivity index (χ0v) is 11.6. The van der Waals surface area contributed by atoms with E-state index in [1.165, 1.54) is 12.1 Å². The Morgan fingerprint density at radius 2 is 2.20 bits per heavy atom. The summed E-state index contributed by atoms with van der Waals surface area (Å²) in [5, 5.41) is 0. The van der Waals surface area contributed by atoms with Crippen molar-refractivity contribution >= 4 is 5.69 Å². The van der Waals surface area contributed by atoms with Crippen LogP contribution in [0.4, 0.5) is 10.1 Å². The van der Waals surface area contributed by atoms with Gasteiger partial charge in [0.05, 0.1) is 12.8 Å². The number of nitrogens with zero attached hydrogens (tertiary/aromatic N) is 1. The summed E-state index contributed by atoms with van der Waals surface area (Å²) >= 11 is 0. The Hall–Kier alpha value is -1.81. The topological polar surface area (TPSA) is 42.4 Å². The minimum atomic E-state index is -0.241. The van der Waals surface area contributed by atoms with Gasteiger partial charge < -0.3 is 15.1 Å². The smallest absolute Gasteiger partial charge is 0.123 e. The van der Waals surface area contributed by atoms with E-state index >= 15 is 0 Å². The van der Waals surface area contributed by atoms with Crippen LogP contribution in [0.1, 0.15) is 37.1 Å². The number of hydrogen-bond acceptors (Lipinski definition) is 3. The zero-order chi connectivity index (χ0) is 14.1. The van der Waals surface area contributed by atoms with Crippen molar-refractivity contribution in [1.82, 2.24) is 0 Å². The monoisotopic (exact) mass is 274 g/mol. The van der Waals surface area contributed by atoms with Crippen LogP contribution in [0.3, 0.4) is 0 Å². The first-order valence-corrected chi connectivity index (χ1v) is 6.99. The molecule has 1 atom stereocenters. The summed E-state index contributed by atoms with van der Waals surface area (Å²) in [6.45, 7) is 2.58. The van der Waals surface area contributed by atoms with E-state index in [4.69, 9.17) is 10.2 Å². The predicted molar refractivity (Wildman–Crippen MR) is 76.9 cm³/mol. The van der Waals surface area contributed by atoms with Crippen molar-refractivity contribution in [2.45, 2.75) is 38.4 Å². The lowest BCUT2D eigenvalue weighted by atomic mass is 10.1. The van der Waals surface area contributed by atoms with E-state index in [0.29, 0.717) is 12.6 Å². The van der Waals surface area contributed by atoms with Gasteiger partial charge in [0.15, 0.2) is 0 Å². The van der Waals surface area contributed by atoms with Crippen LogP contribution in [0.25, 0.3) is 0 Å². The molecule has 0 aliphatic heterocycles. The van der Waals surface area contributed by atoms with Gasteiger partial charge in [0.25, 0.3) is 0 Å². The summed E-state index contributed by atoms with van der Waals surface area (Å²) in [4.78, 5) is 2.27. The van der Waals surface area contributed by atoms with Gasteiger partial charge in [-0.1, -0.05) is 0 Å².